The van der Waals surface area contributed by atoms with Crippen molar-refractivity contribution in [2.24, 2.45) is 5.41 Å². The lowest BCUT2D eigenvalue weighted by molar-refractivity contribution is -0.157. The Hall–Kier alpha value is -1.58. The van der Waals surface area contributed by atoms with Crippen LogP contribution in [0.25, 0.3) is 0 Å². The van der Waals surface area contributed by atoms with Gasteiger partial charge in [-0.25, -0.2) is 0 Å². The smallest absolute Gasteiger partial charge is 0.275 e. The van der Waals surface area contributed by atoms with Crippen molar-refractivity contribution in [2.75, 3.05) is 53.0 Å². The number of carbonyl (C=O) groups is 2. The highest BCUT2D eigenvalue weighted by Gasteiger charge is 2.55. The van der Waals surface area contributed by atoms with Crippen LogP contribution in [0.2, 0.25) is 0 Å². The number of aryl methyl sites for hydroxylation is 1. The fraction of sp³-hybridized carbons (Fsp3) is 0.778. The molecule has 148 valence electrons. The number of aromatic nitrogens is 2. The van der Waals surface area contributed by atoms with Gasteiger partial charge in [-0.3, -0.25) is 9.59 Å². The summed E-state index contributed by atoms with van der Waals surface area (Å²) in [7, 11) is 2.07. The molecule has 8 nitrogen and oxygen atoms in total. The van der Waals surface area contributed by atoms with Crippen molar-refractivity contribution >= 4 is 23.5 Å². The van der Waals surface area contributed by atoms with Crippen LogP contribution in [-0.4, -0.2) is 94.3 Å². The molecule has 2 amide bonds. The number of amides is 2. The Labute approximate surface area is 163 Å². The van der Waals surface area contributed by atoms with Gasteiger partial charge >= 0.3 is 0 Å². The second kappa shape index (κ2) is 7.44. The van der Waals surface area contributed by atoms with Crippen molar-refractivity contribution in [3.63, 3.8) is 0 Å². The molecule has 0 unspecified atom stereocenters. The van der Waals surface area contributed by atoms with E-state index in [-0.39, 0.29) is 17.9 Å². The van der Waals surface area contributed by atoms with Crippen LogP contribution in [0.5, 0.6) is 0 Å². The molecule has 0 bridgehead atoms. The number of carbonyl (C=O) groups excluding carboxylic acids is 2. The second-order valence-electron chi connectivity index (χ2n) is 7.89. The Morgan fingerprint density at radius 1 is 1.15 bits per heavy atom. The lowest BCUT2D eigenvalue weighted by atomic mass is 9.67. The molecule has 0 spiro atoms. The molecule has 0 radical (unpaired) electrons. The lowest BCUT2D eigenvalue weighted by Gasteiger charge is -2.54. The topological polar surface area (TPSA) is 78.9 Å². The quantitative estimate of drug-likeness (QED) is 0.733. The second-order valence-corrected chi connectivity index (χ2v) is 8.42. The minimum Gasteiger partial charge on any atom is -0.378 e. The first kappa shape index (κ1) is 18.8. The van der Waals surface area contributed by atoms with Crippen LogP contribution >= 0.6 is 11.7 Å². The zero-order valence-electron chi connectivity index (χ0n) is 16.0. The highest BCUT2D eigenvalue weighted by atomic mass is 32.1. The van der Waals surface area contributed by atoms with Crippen molar-refractivity contribution < 1.29 is 14.3 Å². The highest BCUT2D eigenvalue weighted by Crippen LogP contribution is 2.44. The SMILES string of the molecule is Cc1nsnc1C(=O)N1CCC[C@@]2(C(=O)N3CCOCC3)CCN(C)C[C@H]12. The Balaban J connectivity index is 1.66. The van der Waals surface area contributed by atoms with E-state index < -0.39 is 5.41 Å². The molecule has 0 saturated carbocycles. The molecule has 2 atom stereocenters. The minimum absolute atomic E-state index is 0.0830. The van der Waals surface area contributed by atoms with Crippen LogP contribution in [-0.2, 0) is 9.53 Å². The summed E-state index contributed by atoms with van der Waals surface area (Å²) in [6.45, 7) is 6.58. The Bertz CT molecular complexity index is 720. The first-order chi connectivity index (χ1) is 13.0. The van der Waals surface area contributed by atoms with Gasteiger partial charge in [0.1, 0.15) is 0 Å². The van der Waals surface area contributed by atoms with Crippen LogP contribution in [0.15, 0.2) is 0 Å². The third-order valence-electron chi connectivity index (χ3n) is 6.30. The van der Waals surface area contributed by atoms with E-state index in [9.17, 15) is 9.59 Å². The standard InChI is InChI=1S/C18H27N5O3S/c1-13-15(20-27-19-13)16(24)23-6-3-4-18(5-7-21(2)12-14(18)23)17(25)22-8-10-26-11-9-22/h14H,3-12H2,1-2H3/t14-,18+/m0/s1. The summed E-state index contributed by atoms with van der Waals surface area (Å²) in [5, 5.41) is 0. The maximum atomic E-state index is 13.6. The summed E-state index contributed by atoms with van der Waals surface area (Å²) in [6.07, 6.45) is 2.49. The Kier molecular flexibility index (Phi) is 5.17. The van der Waals surface area contributed by atoms with Crippen LogP contribution in [0.1, 0.15) is 35.4 Å². The maximum Gasteiger partial charge on any atom is 0.275 e. The number of nitrogens with zero attached hydrogens (tertiary/aromatic N) is 5. The van der Waals surface area contributed by atoms with Gasteiger partial charge in [0.05, 0.1) is 42.1 Å². The van der Waals surface area contributed by atoms with Gasteiger partial charge < -0.3 is 19.4 Å². The fourth-order valence-corrected chi connectivity index (χ4v) is 5.31. The van der Waals surface area contributed by atoms with Crippen LogP contribution in [0.3, 0.4) is 0 Å². The lowest BCUT2D eigenvalue weighted by Crippen LogP contribution is -2.67. The molecule has 3 fully saturated rings. The molecule has 3 aliphatic heterocycles. The number of fused-ring (bicyclic) bond motifs is 1. The molecule has 9 heteroatoms. The molecule has 3 saturated heterocycles. The van der Waals surface area contributed by atoms with Crippen LogP contribution in [0, 0.1) is 12.3 Å². The number of hydrogen-bond donors (Lipinski definition) is 0. The summed E-state index contributed by atoms with van der Waals surface area (Å²) in [6, 6.07) is -0.117. The molecule has 27 heavy (non-hydrogen) atoms. The summed E-state index contributed by atoms with van der Waals surface area (Å²) >= 11 is 1.07. The average Bonchev–Trinajstić information content (AvgIpc) is 3.13. The molecule has 1 aromatic rings. The van der Waals surface area contributed by atoms with E-state index in [1.54, 1.807) is 0 Å². The normalized spacial score (nSPS) is 29.5. The largest absolute Gasteiger partial charge is 0.378 e. The zero-order valence-corrected chi connectivity index (χ0v) is 16.8. The van der Waals surface area contributed by atoms with Crippen molar-refractivity contribution in [3.05, 3.63) is 11.4 Å². The number of rotatable bonds is 2. The molecule has 0 N–H and O–H groups in total. The summed E-state index contributed by atoms with van der Waals surface area (Å²) in [5.74, 6) is 0.120. The van der Waals surface area contributed by atoms with Gasteiger partial charge in [-0.15, -0.1) is 0 Å². The van der Waals surface area contributed by atoms with E-state index in [1.165, 1.54) is 0 Å². The average molecular weight is 394 g/mol. The van der Waals surface area contributed by atoms with Crippen LogP contribution in [0.4, 0.5) is 0 Å². The number of ether oxygens (including phenoxy) is 1. The molecule has 4 heterocycles. The van der Waals surface area contributed by atoms with E-state index in [4.69, 9.17) is 4.74 Å². The van der Waals surface area contributed by atoms with Crippen molar-refractivity contribution in [3.8, 4) is 0 Å². The van der Waals surface area contributed by atoms with E-state index >= 15 is 0 Å². The van der Waals surface area contributed by atoms with E-state index in [0.29, 0.717) is 44.2 Å². The zero-order chi connectivity index (χ0) is 19.0. The Morgan fingerprint density at radius 2 is 1.93 bits per heavy atom. The monoisotopic (exact) mass is 393 g/mol. The Morgan fingerprint density at radius 3 is 2.63 bits per heavy atom. The first-order valence-electron chi connectivity index (χ1n) is 9.69. The molecule has 1 aromatic heterocycles. The van der Waals surface area contributed by atoms with Gasteiger partial charge in [0.25, 0.3) is 5.91 Å². The number of hydrogen-bond acceptors (Lipinski definition) is 7. The summed E-state index contributed by atoms with van der Waals surface area (Å²) in [5.41, 5.74) is 0.613. The fourth-order valence-electron chi connectivity index (χ4n) is 4.77. The first-order valence-corrected chi connectivity index (χ1v) is 10.4. The number of morpholine rings is 1. The van der Waals surface area contributed by atoms with Crippen molar-refractivity contribution in [1.29, 1.82) is 0 Å². The number of piperidine rings is 2. The van der Waals surface area contributed by atoms with Gasteiger partial charge in [-0.1, -0.05) is 0 Å². The number of likely N-dealkylation sites (N-methyl/N-ethyl adjacent to an activating group) is 1. The van der Waals surface area contributed by atoms with Gasteiger partial charge in [0.2, 0.25) is 5.91 Å². The summed E-state index contributed by atoms with van der Waals surface area (Å²) in [4.78, 5) is 33.0. The maximum absolute atomic E-state index is 13.6. The highest BCUT2D eigenvalue weighted by molar-refractivity contribution is 6.99. The predicted molar refractivity (Wildman–Crippen MR) is 101 cm³/mol. The third-order valence-corrected chi connectivity index (χ3v) is 6.92. The minimum atomic E-state index is -0.491. The molecule has 0 aliphatic carbocycles. The molecular weight excluding hydrogens is 366 g/mol. The number of likely N-dealkylation sites (tertiary alicyclic amines) is 2. The summed E-state index contributed by atoms with van der Waals surface area (Å²) < 4.78 is 13.8. The third kappa shape index (κ3) is 3.25. The van der Waals surface area contributed by atoms with E-state index in [0.717, 1.165) is 44.1 Å². The van der Waals surface area contributed by atoms with Gasteiger partial charge in [-0.05, 0) is 39.8 Å². The van der Waals surface area contributed by atoms with Crippen LogP contribution < -0.4 is 0 Å². The van der Waals surface area contributed by atoms with Gasteiger partial charge in [0, 0.05) is 26.2 Å². The molecule has 4 rings (SSSR count). The predicted octanol–water partition coefficient (Wildman–Crippen LogP) is 0.632. The van der Waals surface area contributed by atoms with Crippen molar-refractivity contribution in [1.82, 2.24) is 23.4 Å². The molecule has 0 aromatic carbocycles. The van der Waals surface area contributed by atoms with Gasteiger partial charge in [-0.2, -0.15) is 8.75 Å². The molecule has 3 aliphatic rings. The van der Waals surface area contributed by atoms with E-state index in [1.807, 2.05) is 16.7 Å². The van der Waals surface area contributed by atoms with E-state index in [2.05, 4.69) is 20.7 Å². The van der Waals surface area contributed by atoms with Gasteiger partial charge in [0.15, 0.2) is 5.69 Å². The van der Waals surface area contributed by atoms with Crippen molar-refractivity contribution in [2.45, 2.75) is 32.2 Å². The molecular formula is C18H27N5O3S.